The van der Waals surface area contributed by atoms with Gasteiger partial charge in [-0.15, -0.1) is 0 Å². The summed E-state index contributed by atoms with van der Waals surface area (Å²) in [6.45, 7) is -3.31. The van der Waals surface area contributed by atoms with Crippen LogP contribution in [0, 0.1) is 0 Å². The molecule has 0 bridgehead atoms. The van der Waals surface area contributed by atoms with Gasteiger partial charge in [0.2, 0.25) is 0 Å². The number of aliphatic hydroxyl groups is 14. The van der Waals surface area contributed by atoms with E-state index in [9.17, 15) is 71.5 Å². The average molecular weight is 811 g/mol. The number of ether oxygens (including phenoxy) is 11. The zero-order chi connectivity index (χ0) is 39.9. The molecule has 0 aliphatic carbocycles. The first kappa shape index (κ1) is 43.6. The third-order valence-corrected chi connectivity index (χ3v) is 10.2. The zero-order valence-corrected chi connectivity index (χ0v) is 28.9. The maximum Gasteiger partial charge on any atom is 0.187 e. The van der Waals surface area contributed by atoms with E-state index in [1.165, 1.54) is 0 Å². The fourth-order valence-electron chi connectivity index (χ4n) is 6.90. The lowest BCUT2D eigenvalue weighted by molar-refractivity contribution is -0.370. The van der Waals surface area contributed by atoms with Crippen LogP contribution in [0.25, 0.3) is 0 Å². The minimum absolute atomic E-state index is 0.436. The lowest BCUT2D eigenvalue weighted by Crippen LogP contribution is -2.63. The fraction of sp³-hybridized carbons (Fsp3) is 1.00. The highest BCUT2D eigenvalue weighted by Crippen LogP contribution is 2.34. The number of hydrogen-bond acceptors (Lipinski definition) is 25. The Kier molecular flexibility index (Phi) is 14.7. The molecule has 6 saturated heterocycles. The van der Waals surface area contributed by atoms with Crippen LogP contribution in [0.3, 0.4) is 0 Å². The summed E-state index contributed by atoms with van der Waals surface area (Å²) in [4.78, 5) is 0. The summed E-state index contributed by atoms with van der Waals surface area (Å²) in [5.41, 5.74) is 0. The molecule has 6 aliphatic heterocycles. The van der Waals surface area contributed by atoms with Crippen LogP contribution in [-0.2, 0) is 52.1 Å². The van der Waals surface area contributed by atoms with Gasteiger partial charge >= 0.3 is 0 Å². The van der Waals surface area contributed by atoms with E-state index in [1.54, 1.807) is 0 Å². The van der Waals surface area contributed by atoms with Crippen LogP contribution >= 0.6 is 0 Å². The van der Waals surface area contributed by atoms with E-state index in [1.807, 2.05) is 0 Å². The van der Waals surface area contributed by atoms with Gasteiger partial charge in [0, 0.05) is 0 Å². The highest BCUT2D eigenvalue weighted by atomic mass is 16.8. The summed E-state index contributed by atoms with van der Waals surface area (Å²) < 4.78 is 60.9. The number of aliphatic hydroxyl groups excluding tert-OH is 14. The first-order valence-corrected chi connectivity index (χ1v) is 17.6. The Morgan fingerprint density at radius 2 is 0.764 bits per heavy atom. The first-order valence-electron chi connectivity index (χ1n) is 17.6. The molecule has 6 fully saturated rings. The second kappa shape index (κ2) is 18.5. The third-order valence-electron chi connectivity index (χ3n) is 10.2. The Bertz CT molecular complexity index is 1210. The first-order chi connectivity index (χ1) is 26.1. The predicted octanol–water partition coefficient (Wildman–Crippen LogP) is -10.3. The molecular formula is C30H50O25. The molecule has 0 spiro atoms. The van der Waals surface area contributed by atoms with Crippen molar-refractivity contribution < 1.29 is 124 Å². The van der Waals surface area contributed by atoms with Crippen LogP contribution in [0.1, 0.15) is 0 Å². The summed E-state index contributed by atoms with van der Waals surface area (Å²) in [5.74, 6) is 0. The molecule has 6 rings (SSSR count). The van der Waals surface area contributed by atoms with Gasteiger partial charge in [0.25, 0.3) is 0 Å². The van der Waals surface area contributed by atoms with Crippen molar-refractivity contribution in [3.05, 3.63) is 0 Å². The SMILES string of the molecule is OCC1OC(OC2C(OC3OCC(OC4OCC(OC5OCC(O)C(O)C5O)C(OC5OC(CO)C(O)C5O)C4O)C(O)C3O)COC(O)C2O)C(O)C1O. The highest BCUT2D eigenvalue weighted by molar-refractivity contribution is 4.95. The number of hydrogen-bond donors (Lipinski definition) is 14. The van der Waals surface area contributed by atoms with Gasteiger partial charge in [-0.3, -0.25) is 0 Å². The molecule has 0 saturated carbocycles. The second-order valence-corrected chi connectivity index (χ2v) is 14.0. The lowest BCUT2D eigenvalue weighted by atomic mass is 10.0. The molecule has 25 nitrogen and oxygen atoms in total. The molecule has 0 radical (unpaired) electrons. The van der Waals surface area contributed by atoms with E-state index in [0.717, 1.165) is 0 Å². The van der Waals surface area contributed by atoms with Gasteiger partial charge < -0.3 is 124 Å². The Labute approximate surface area is 311 Å². The van der Waals surface area contributed by atoms with Gasteiger partial charge in [-0.2, -0.15) is 0 Å². The highest BCUT2D eigenvalue weighted by Gasteiger charge is 2.54. The number of rotatable bonds is 12. The maximum atomic E-state index is 11.4. The van der Waals surface area contributed by atoms with Crippen LogP contribution in [0.4, 0.5) is 0 Å². The van der Waals surface area contributed by atoms with Gasteiger partial charge in [-0.25, -0.2) is 0 Å². The summed E-state index contributed by atoms with van der Waals surface area (Å²) in [7, 11) is 0. The summed E-state index contributed by atoms with van der Waals surface area (Å²) >= 11 is 0. The van der Waals surface area contributed by atoms with Crippen LogP contribution in [0.5, 0.6) is 0 Å². The maximum absolute atomic E-state index is 11.4. The van der Waals surface area contributed by atoms with Crippen LogP contribution in [0.2, 0.25) is 0 Å². The van der Waals surface area contributed by atoms with Crippen LogP contribution in [-0.4, -0.2) is 259 Å². The quantitative estimate of drug-likeness (QED) is 0.0870. The summed E-state index contributed by atoms with van der Waals surface area (Å²) in [5, 5.41) is 144. The second-order valence-electron chi connectivity index (χ2n) is 14.0. The molecule has 6 heterocycles. The van der Waals surface area contributed by atoms with Gasteiger partial charge in [0.15, 0.2) is 37.7 Å². The molecule has 55 heavy (non-hydrogen) atoms. The van der Waals surface area contributed by atoms with Crippen molar-refractivity contribution in [1.82, 2.24) is 0 Å². The Hall–Kier alpha value is -1.00. The van der Waals surface area contributed by atoms with Crippen molar-refractivity contribution in [2.45, 2.75) is 148 Å². The van der Waals surface area contributed by atoms with E-state index < -0.39 is 187 Å². The van der Waals surface area contributed by atoms with Crippen LogP contribution < -0.4 is 0 Å². The fourth-order valence-corrected chi connectivity index (χ4v) is 6.90. The molecule has 320 valence electrons. The molecule has 24 unspecified atom stereocenters. The standard InChI is InChI=1S/C30H50O25/c31-1-8-14(35)19(40)29(49-8)54-23-11(5-45-25(44)21(23)42)52-27-18(39)16(37)10(4-47-27)51-28-22(43)24(55-30-20(41)15(36)9(2-32)50-30)12(6-48-28)53-26-17(38)13(34)7(33)3-46-26/h7-44H,1-6H2. The molecule has 24 atom stereocenters. The van der Waals surface area contributed by atoms with Gasteiger partial charge in [-0.05, 0) is 0 Å². The van der Waals surface area contributed by atoms with Crippen LogP contribution in [0.15, 0.2) is 0 Å². The largest absolute Gasteiger partial charge is 0.394 e. The Morgan fingerprint density at radius 3 is 1.27 bits per heavy atom. The minimum Gasteiger partial charge on any atom is -0.394 e. The van der Waals surface area contributed by atoms with Crippen molar-refractivity contribution in [3.63, 3.8) is 0 Å². The topological polar surface area (TPSA) is 385 Å². The smallest absolute Gasteiger partial charge is 0.187 e. The molecule has 0 aromatic heterocycles. The zero-order valence-electron chi connectivity index (χ0n) is 28.9. The van der Waals surface area contributed by atoms with E-state index >= 15 is 0 Å². The Morgan fingerprint density at radius 1 is 0.364 bits per heavy atom. The van der Waals surface area contributed by atoms with Crippen molar-refractivity contribution in [2.75, 3.05) is 39.6 Å². The van der Waals surface area contributed by atoms with E-state index in [2.05, 4.69) is 0 Å². The van der Waals surface area contributed by atoms with E-state index in [4.69, 9.17) is 52.1 Å². The molecule has 14 N–H and O–H groups in total. The molecule has 25 heteroatoms. The lowest BCUT2D eigenvalue weighted by Gasteiger charge is -2.46. The molecule has 0 aromatic carbocycles. The summed E-state index contributed by atoms with van der Waals surface area (Å²) in [6.07, 6.45) is -38.5. The molecule has 0 aromatic rings. The molecule has 0 amide bonds. The van der Waals surface area contributed by atoms with Gasteiger partial charge in [0.05, 0.1) is 39.6 Å². The van der Waals surface area contributed by atoms with Gasteiger partial charge in [-0.1, -0.05) is 0 Å². The van der Waals surface area contributed by atoms with Crippen molar-refractivity contribution in [2.24, 2.45) is 0 Å². The molecule has 6 aliphatic rings. The van der Waals surface area contributed by atoms with Crippen molar-refractivity contribution in [1.29, 1.82) is 0 Å². The minimum atomic E-state index is -1.90. The average Bonchev–Trinajstić information content (AvgIpc) is 3.60. The van der Waals surface area contributed by atoms with Crippen molar-refractivity contribution in [3.8, 4) is 0 Å². The van der Waals surface area contributed by atoms with E-state index in [-0.39, 0.29) is 0 Å². The normalized spacial score (nSPS) is 53.8. The molecular weight excluding hydrogens is 760 g/mol. The van der Waals surface area contributed by atoms with Gasteiger partial charge in [0.1, 0.15) is 110 Å². The monoisotopic (exact) mass is 810 g/mol. The van der Waals surface area contributed by atoms with E-state index in [0.29, 0.717) is 0 Å². The Balaban J connectivity index is 1.10. The van der Waals surface area contributed by atoms with Crippen molar-refractivity contribution >= 4 is 0 Å². The predicted molar refractivity (Wildman–Crippen MR) is 163 cm³/mol. The third kappa shape index (κ3) is 9.11. The summed E-state index contributed by atoms with van der Waals surface area (Å²) in [6, 6.07) is 0.